The Kier molecular flexibility index (Phi) is 4.64. The summed E-state index contributed by atoms with van der Waals surface area (Å²) in [5, 5.41) is 2.90. The number of carbonyl (C=O) groups excluding carboxylic acids is 2. The predicted octanol–water partition coefficient (Wildman–Crippen LogP) is 2.57. The molecule has 4 unspecified atom stereocenters. The monoisotopic (exact) mass is 294 g/mol. The number of rotatable bonds is 2. The third-order valence-corrected chi connectivity index (χ3v) is 5.03. The first-order valence-corrected chi connectivity index (χ1v) is 8.31. The topological polar surface area (TPSA) is 49.4 Å². The van der Waals surface area contributed by atoms with Crippen LogP contribution in [0, 0.1) is 17.3 Å². The molecular weight excluding hydrogens is 264 g/mol. The first kappa shape index (κ1) is 16.3. The van der Waals surface area contributed by atoms with Crippen LogP contribution in [-0.4, -0.2) is 35.3 Å². The van der Waals surface area contributed by atoms with E-state index in [2.05, 4.69) is 12.2 Å². The van der Waals surface area contributed by atoms with E-state index in [4.69, 9.17) is 0 Å². The minimum atomic E-state index is -0.401. The first-order valence-electron chi connectivity index (χ1n) is 8.31. The maximum atomic E-state index is 12.8. The predicted molar refractivity (Wildman–Crippen MR) is 83.7 cm³/mol. The van der Waals surface area contributed by atoms with E-state index in [1.165, 1.54) is 25.7 Å². The van der Waals surface area contributed by atoms with E-state index in [9.17, 15) is 9.59 Å². The lowest BCUT2D eigenvalue weighted by Crippen LogP contribution is -2.66. The smallest absolute Gasteiger partial charge is 0.246 e. The number of piperazine rings is 1. The zero-order valence-electron chi connectivity index (χ0n) is 14.1. The zero-order chi connectivity index (χ0) is 15.8. The van der Waals surface area contributed by atoms with E-state index in [-0.39, 0.29) is 23.3 Å². The van der Waals surface area contributed by atoms with E-state index in [1.54, 1.807) is 0 Å². The Labute approximate surface area is 128 Å². The molecule has 4 atom stereocenters. The lowest BCUT2D eigenvalue weighted by molar-refractivity contribution is -0.152. The molecule has 2 fully saturated rings. The van der Waals surface area contributed by atoms with Gasteiger partial charge in [-0.2, -0.15) is 0 Å². The third-order valence-electron chi connectivity index (χ3n) is 5.03. The van der Waals surface area contributed by atoms with Crippen molar-refractivity contribution in [2.24, 2.45) is 17.3 Å². The minimum Gasteiger partial charge on any atom is -0.342 e. The Bertz CT molecular complexity index is 414. The molecule has 4 heteroatoms. The molecule has 2 rings (SSSR count). The largest absolute Gasteiger partial charge is 0.342 e. The molecule has 1 aliphatic heterocycles. The van der Waals surface area contributed by atoms with Crippen LogP contribution in [0.3, 0.4) is 0 Å². The lowest BCUT2D eigenvalue weighted by Gasteiger charge is -2.44. The lowest BCUT2D eigenvalue weighted by atomic mass is 9.80. The van der Waals surface area contributed by atoms with Gasteiger partial charge in [0.25, 0.3) is 0 Å². The number of hydrogen-bond donors (Lipinski definition) is 1. The summed E-state index contributed by atoms with van der Waals surface area (Å²) in [6, 6.07) is -0.740. The van der Waals surface area contributed by atoms with E-state index in [1.807, 2.05) is 32.6 Å². The average Bonchev–Trinajstić information content (AvgIpc) is 2.37. The molecule has 2 amide bonds. The molecule has 0 aromatic rings. The van der Waals surface area contributed by atoms with E-state index in [0.29, 0.717) is 5.92 Å². The van der Waals surface area contributed by atoms with Crippen molar-refractivity contribution in [2.45, 2.75) is 72.4 Å². The standard InChI is InChI=1S/C17H30N2O2/c1-11-7-6-8-13(9-11)10-19-12(2)15(20)18-14(16(19)21)17(3,4)5/h11-14H,6-10H2,1-5H3,(H,18,20). The summed E-state index contributed by atoms with van der Waals surface area (Å²) in [4.78, 5) is 26.8. The van der Waals surface area contributed by atoms with Crippen LogP contribution in [0.1, 0.15) is 60.3 Å². The molecule has 120 valence electrons. The van der Waals surface area contributed by atoms with E-state index < -0.39 is 6.04 Å². The second kappa shape index (κ2) is 5.98. The van der Waals surface area contributed by atoms with Crippen molar-refractivity contribution >= 4 is 11.8 Å². The van der Waals surface area contributed by atoms with Gasteiger partial charge >= 0.3 is 0 Å². The van der Waals surface area contributed by atoms with Crippen molar-refractivity contribution in [2.75, 3.05) is 6.54 Å². The van der Waals surface area contributed by atoms with Crippen LogP contribution >= 0.6 is 0 Å². The SMILES string of the molecule is CC1CCCC(CN2C(=O)C(C(C)(C)C)NC(=O)C2C)C1. The van der Waals surface area contributed by atoms with Gasteiger partial charge in [0.2, 0.25) is 11.8 Å². The summed E-state index contributed by atoms with van der Waals surface area (Å²) in [6.45, 7) is 10.9. The van der Waals surface area contributed by atoms with Crippen LogP contribution in [0.4, 0.5) is 0 Å². The van der Waals surface area contributed by atoms with Crippen molar-refractivity contribution in [1.82, 2.24) is 10.2 Å². The molecule has 1 aliphatic carbocycles. The molecule has 1 N–H and O–H groups in total. The van der Waals surface area contributed by atoms with Gasteiger partial charge in [0.05, 0.1) is 0 Å². The summed E-state index contributed by atoms with van der Waals surface area (Å²) in [5.74, 6) is 1.36. The maximum Gasteiger partial charge on any atom is 0.246 e. The Morgan fingerprint density at radius 2 is 1.86 bits per heavy atom. The normalized spacial score (nSPS) is 34.8. The van der Waals surface area contributed by atoms with Gasteiger partial charge in [-0.15, -0.1) is 0 Å². The summed E-state index contributed by atoms with van der Waals surface area (Å²) in [5.41, 5.74) is -0.245. The third kappa shape index (κ3) is 3.58. The zero-order valence-corrected chi connectivity index (χ0v) is 14.1. The molecular formula is C17H30N2O2. The van der Waals surface area contributed by atoms with Crippen LogP contribution in [0.2, 0.25) is 0 Å². The fourth-order valence-corrected chi connectivity index (χ4v) is 3.66. The van der Waals surface area contributed by atoms with Crippen molar-refractivity contribution in [3.63, 3.8) is 0 Å². The summed E-state index contributed by atoms with van der Waals surface area (Å²) in [6.07, 6.45) is 4.91. The van der Waals surface area contributed by atoms with Crippen LogP contribution in [0.25, 0.3) is 0 Å². The summed E-state index contributed by atoms with van der Waals surface area (Å²) < 4.78 is 0. The highest BCUT2D eigenvalue weighted by Crippen LogP contribution is 2.31. The highest BCUT2D eigenvalue weighted by Gasteiger charge is 2.44. The fraction of sp³-hybridized carbons (Fsp3) is 0.882. The van der Waals surface area contributed by atoms with Crippen molar-refractivity contribution < 1.29 is 9.59 Å². The van der Waals surface area contributed by atoms with Gasteiger partial charge in [-0.1, -0.05) is 40.5 Å². The molecule has 0 aromatic heterocycles. The number of hydrogen-bond acceptors (Lipinski definition) is 2. The van der Waals surface area contributed by atoms with Gasteiger partial charge in [-0.25, -0.2) is 0 Å². The Hall–Kier alpha value is -1.06. The minimum absolute atomic E-state index is 0.0154. The Morgan fingerprint density at radius 1 is 1.19 bits per heavy atom. The molecule has 0 spiro atoms. The van der Waals surface area contributed by atoms with Gasteiger partial charge in [-0.05, 0) is 37.0 Å². The van der Waals surface area contributed by atoms with E-state index in [0.717, 1.165) is 12.5 Å². The quantitative estimate of drug-likeness (QED) is 0.851. The number of carbonyl (C=O) groups is 2. The summed E-state index contributed by atoms with van der Waals surface area (Å²) in [7, 11) is 0. The first-order chi connectivity index (χ1) is 9.70. The summed E-state index contributed by atoms with van der Waals surface area (Å²) >= 11 is 0. The van der Waals surface area contributed by atoms with Crippen LogP contribution in [0.15, 0.2) is 0 Å². The van der Waals surface area contributed by atoms with Gasteiger partial charge in [-0.3, -0.25) is 9.59 Å². The number of amides is 2. The molecule has 1 heterocycles. The average molecular weight is 294 g/mol. The van der Waals surface area contributed by atoms with Crippen molar-refractivity contribution in [3.05, 3.63) is 0 Å². The van der Waals surface area contributed by atoms with E-state index >= 15 is 0 Å². The fourth-order valence-electron chi connectivity index (χ4n) is 3.66. The van der Waals surface area contributed by atoms with Gasteiger partial charge in [0.1, 0.15) is 12.1 Å². The van der Waals surface area contributed by atoms with Crippen molar-refractivity contribution in [3.8, 4) is 0 Å². The van der Waals surface area contributed by atoms with Crippen LogP contribution in [-0.2, 0) is 9.59 Å². The number of nitrogens with one attached hydrogen (secondary N) is 1. The van der Waals surface area contributed by atoms with Gasteiger partial charge < -0.3 is 10.2 Å². The van der Waals surface area contributed by atoms with Crippen LogP contribution < -0.4 is 5.32 Å². The highest BCUT2D eigenvalue weighted by atomic mass is 16.2. The molecule has 0 bridgehead atoms. The van der Waals surface area contributed by atoms with Gasteiger partial charge in [0, 0.05) is 6.54 Å². The molecule has 0 radical (unpaired) electrons. The second-order valence-corrected chi connectivity index (χ2v) is 8.11. The molecule has 21 heavy (non-hydrogen) atoms. The molecule has 4 nitrogen and oxygen atoms in total. The number of nitrogens with zero attached hydrogens (tertiary/aromatic N) is 1. The van der Waals surface area contributed by atoms with Crippen molar-refractivity contribution in [1.29, 1.82) is 0 Å². The molecule has 0 aromatic carbocycles. The molecule has 1 saturated heterocycles. The van der Waals surface area contributed by atoms with Gasteiger partial charge in [0.15, 0.2) is 0 Å². The molecule has 1 saturated carbocycles. The molecule has 2 aliphatic rings. The Morgan fingerprint density at radius 3 is 2.43 bits per heavy atom. The Balaban J connectivity index is 2.11. The van der Waals surface area contributed by atoms with Crippen LogP contribution in [0.5, 0.6) is 0 Å². The maximum absolute atomic E-state index is 12.8. The second-order valence-electron chi connectivity index (χ2n) is 8.11. The highest BCUT2D eigenvalue weighted by molar-refractivity contribution is 5.97.